The van der Waals surface area contributed by atoms with Gasteiger partial charge < -0.3 is 15.8 Å². The molecule has 0 aliphatic carbocycles. The van der Waals surface area contributed by atoms with Gasteiger partial charge in [-0.05, 0) is 25.8 Å². The van der Waals surface area contributed by atoms with E-state index in [4.69, 9.17) is 10.5 Å². The molecule has 1 aliphatic rings. The maximum absolute atomic E-state index is 5.78. The fourth-order valence-corrected chi connectivity index (χ4v) is 2.12. The number of nitrogens with two attached hydrogens (primary N) is 1. The van der Waals surface area contributed by atoms with Crippen LogP contribution in [0.25, 0.3) is 0 Å². The molecular weight excluding hydrogens is 343 g/mol. The Kier molecular flexibility index (Phi) is 10.8. The van der Waals surface area contributed by atoms with E-state index < -0.39 is 0 Å². The Morgan fingerprint density at radius 2 is 2.33 bits per heavy atom. The van der Waals surface area contributed by atoms with Crippen LogP contribution in [0.15, 0.2) is 4.99 Å². The minimum absolute atomic E-state index is 0. The number of aliphatic imine (C=N–C) groups is 1. The first kappa shape index (κ1) is 17.9. The van der Waals surface area contributed by atoms with Gasteiger partial charge in [0.25, 0.3) is 0 Å². The van der Waals surface area contributed by atoms with Gasteiger partial charge in [-0.1, -0.05) is 6.92 Å². The maximum atomic E-state index is 5.78. The van der Waals surface area contributed by atoms with Gasteiger partial charge in [-0.2, -0.15) is 0 Å². The quantitative estimate of drug-likeness (QED) is 0.399. The standard InChI is InChI=1S/C12H26N4O.HI/c1-3-6-14-12(13)15-10-11-5-4-7-16(11)8-9-17-2;/h11H,3-10H2,1-2H3,(H3,13,14,15);1H. The first-order chi connectivity index (χ1) is 8.27. The summed E-state index contributed by atoms with van der Waals surface area (Å²) in [5, 5.41) is 3.10. The minimum atomic E-state index is 0. The Hall–Kier alpha value is -0.0800. The second-order valence-corrected chi connectivity index (χ2v) is 4.48. The van der Waals surface area contributed by atoms with Gasteiger partial charge in [0.2, 0.25) is 0 Å². The third-order valence-corrected chi connectivity index (χ3v) is 3.11. The molecule has 108 valence electrons. The number of likely N-dealkylation sites (tertiary alicyclic amines) is 1. The Labute approximate surface area is 128 Å². The topological polar surface area (TPSA) is 62.9 Å². The summed E-state index contributed by atoms with van der Waals surface area (Å²) in [4.78, 5) is 6.85. The SMILES string of the molecule is CCCNC(N)=NCC1CCCN1CCOC.I. The van der Waals surface area contributed by atoms with E-state index in [-0.39, 0.29) is 24.0 Å². The summed E-state index contributed by atoms with van der Waals surface area (Å²) in [6.07, 6.45) is 3.54. The van der Waals surface area contributed by atoms with Gasteiger partial charge in [-0.3, -0.25) is 9.89 Å². The molecule has 6 heteroatoms. The Morgan fingerprint density at radius 3 is 3.00 bits per heavy atom. The monoisotopic (exact) mass is 370 g/mol. The molecule has 1 rings (SSSR count). The van der Waals surface area contributed by atoms with Crippen LogP contribution in [0, 0.1) is 0 Å². The largest absolute Gasteiger partial charge is 0.383 e. The zero-order valence-electron chi connectivity index (χ0n) is 11.5. The molecule has 0 amide bonds. The lowest BCUT2D eigenvalue weighted by molar-refractivity contribution is 0.143. The van der Waals surface area contributed by atoms with Crippen LogP contribution in [0.2, 0.25) is 0 Å². The van der Waals surface area contributed by atoms with Crippen LogP contribution in [-0.4, -0.2) is 56.8 Å². The van der Waals surface area contributed by atoms with Crippen molar-refractivity contribution in [3.05, 3.63) is 0 Å². The van der Waals surface area contributed by atoms with Crippen LogP contribution in [0.5, 0.6) is 0 Å². The van der Waals surface area contributed by atoms with Crippen molar-refractivity contribution in [1.82, 2.24) is 10.2 Å². The number of nitrogens with one attached hydrogen (secondary N) is 1. The fourth-order valence-electron chi connectivity index (χ4n) is 2.12. The molecule has 1 aliphatic heterocycles. The summed E-state index contributed by atoms with van der Waals surface area (Å²) in [6, 6.07) is 0.534. The Morgan fingerprint density at radius 1 is 1.56 bits per heavy atom. The van der Waals surface area contributed by atoms with Crippen molar-refractivity contribution in [1.29, 1.82) is 0 Å². The molecule has 0 radical (unpaired) electrons. The molecule has 0 aromatic heterocycles. The predicted octanol–water partition coefficient (Wildman–Crippen LogP) is 1.03. The fraction of sp³-hybridized carbons (Fsp3) is 0.917. The number of methoxy groups -OCH3 is 1. The number of hydrogen-bond acceptors (Lipinski definition) is 3. The van der Waals surface area contributed by atoms with E-state index in [0.717, 1.165) is 39.2 Å². The predicted molar refractivity (Wildman–Crippen MR) is 86.7 cm³/mol. The summed E-state index contributed by atoms with van der Waals surface area (Å²) < 4.78 is 5.12. The highest BCUT2D eigenvalue weighted by molar-refractivity contribution is 14.0. The maximum Gasteiger partial charge on any atom is 0.188 e. The van der Waals surface area contributed by atoms with Crippen molar-refractivity contribution in [3.8, 4) is 0 Å². The van der Waals surface area contributed by atoms with Crippen molar-refractivity contribution in [2.45, 2.75) is 32.2 Å². The second kappa shape index (κ2) is 10.8. The molecule has 1 saturated heterocycles. The van der Waals surface area contributed by atoms with Crippen LogP contribution < -0.4 is 11.1 Å². The third-order valence-electron chi connectivity index (χ3n) is 3.11. The molecule has 0 bridgehead atoms. The lowest BCUT2D eigenvalue weighted by Crippen LogP contribution is -2.37. The van der Waals surface area contributed by atoms with Crippen molar-refractivity contribution >= 4 is 29.9 Å². The van der Waals surface area contributed by atoms with E-state index in [2.05, 4.69) is 22.1 Å². The minimum Gasteiger partial charge on any atom is -0.383 e. The summed E-state index contributed by atoms with van der Waals surface area (Å²) in [7, 11) is 1.75. The second-order valence-electron chi connectivity index (χ2n) is 4.48. The number of hydrogen-bond donors (Lipinski definition) is 2. The first-order valence-electron chi connectivity index (χ1n) is 6.54. The number of guanidine groups is 1. The smallest absolute Gasteiger partial charge is 0.188 e. The molecule has 1 fully saturated rings. The molecule has 0 aromatic carbocycles. The molecule has 0 saturated carbocycles. The van der Waals surface area contributed by atoms with Crippen molar-refractivity contribution in [2.75, 3.05) is 39.9 Å². The van der Waals surface area contributed by atoms with Gasteiger partial charge >= 0.3 is 0 Å². The normalized spacial score (nSPS) is 20.8. The lowest BCUT2D eigenvalue weighted by Gasteiger charge is -2.22. The van der Waals surface area contributed by atoms with Gasteiger partial charge in [0.15, 0.2) is 5.96 Å². The van der Waals surface area contributed by atoms with E-state index in [1.54, 1.807) is 7.11 Å². The molecule has 5 nitrogen and oxygen atoms in total. The number of ether oxygens (including phenoxy) is 1. The molecule has 1 atom stereocenters. The van der Waals surface area contributed by atoms with Crippen LogP contribution in [0.4, 0.5) is 0 Å². The van der Waals surface area contributed by atoms with Gasteiger partial charge in [-0.15, -0.1) is 24.0 Å². The Bertz CT molecular complexity index is 238. The number of nitrogens with zero attached hydrogens (tertiary/aromatic N) is 2. The summed E-state index contributed by atoms with van der Waals surface area (Å²) in [5.74, 6) is 0.574. The third kappa shape index (κ3) is 6.75. The molecule has 0 aromatic rings. The molecule has 1 unspecified atom stereocenters. The lowest BCUT2D eigenvalue weighted by atomic mass is 10.2. The molecule has 18 heavy (non-hydrogen) atoms. The number of rotatable bonds is 7. The summed E-state index contributed by atoms with van der Waals surface area (Å²) in [6.45, 7) is 6.76. The molecule has 1 heterocycles. The van der Waals surface area contributed by atoms with Crippen LogP contribution in [0.3, 0.4) is 0 Å². The van der Waals surface area contributed by atoms with E-state index in [1.165, 1.54) is 12.8 Å². The van der Waals surface area contributed by atoms with E-state index >= 15 is 0 Å². The van der Waals surface area contributed by atoms with Crippen LogP contribution in [-0.2, 0) is 4.74 Å². The van der Waals surface area contributed by atoms with Gasteiger partial charge in [-0.25, -0.2) is 0 Å². The van der Waals surface area contributed by atoms with E-state index in [9.17, 15) is 0 Å². The average molecular weight is 370 g/mol. The zero-order chi connectivity index (χ0) is 12.5. The molecule has 3 N–H and O–H groups in total. The highest BCUT2D eigenvalue weighted by atomic mass is 127. The van der Waals surface area contributed by atoms with Crippen LogP contribution >= 0.6 is 24.0 Å². The Balaban J connectivity index is 0.00000289. The van der Waals surface area contributed by atoms with Gasteiger partial charge in [0.1, 0.15) is 0 Å². The summed E-state index contributed by atoms with van der Waals surface area (Å²) >= 11 is 0. The van der Waals surface area contributed by atoms with Gasteiger partial charge in [0, 0.05) is 26.2 Å². The molecule has 0 spiro atoms. The van der Waals surface area contributed by atoms with Crippen molar-refractivity contribution < 1.29 is 4.74 Å². The average Bonchev–Trinajstić information content (AvgIpc) is 2.78. The molecular formula is C12H27IN4O. The van der Waals surface area contributed by atoms with Crippen LogP contribution in [0.1, 0.15) is 26.2 Å². The first-order valence-corrected chi connectivity index (χ1v) is 6.54. The van der Waals surface area contributed by atoms with Crippen molar-refractivity contribution in [2.24, 2.45) is 10.7 Å². The van der Waals surface area contributed by atoms with E-state index in [1.807, 2.05) is 0 Å². The van der Waals surface area contributed by atoms with E-state index in [0.29, 0.717) is 12.0 Å². The van der Waals surface area contributed by atoms with Crippen molar-refractivity contribution in [3.63, 3.8) is 0 Å². The van der Waals surface area contributed by atoms with Gasteiger partial charge in [0.05, 0.1) is 13.2 Å². The highest BCUT2D eigenvalue weighted by Crippen LogP contribution is 2.16. The number of halogens is 1. The zero-order valence-corrected chi connectivity index (χ0v) is 13.9. The highest BCUT2D eigenvalue weighted by Gasteiger charge is 2.23. The summed E-state index contributed by atoms with van der Waals surface area (Å²) in [5.41, 5.74) is 5.78.